The van der Waals surface area contributed by atoms with Crippen LogP contribution in [0.3, 0.4) is 0 Å². The Morgan fingerprint density at radius 1 is 1.41 bits per heavy atom. The molecule has 0 heterocycles. The summed E-state index contributed by atoms with van der Waals surface area (Å²) in [6.45, 7) is 3.95. The predicted molar refractivity (Wildman–Crippen MR) is 64.4 cm³/mol. The van der Waals surface area contributed by atoms with Crippen LogP contribution in [0.25, 0.3) is 0 Å². The van der Waals surface area contributed by atoms with Crippen molar-refractivity contribution < 1.29 is 13.6 Å². The Labute approximate surface area is 106 Å². The van der Waals surface area contributed by atoms with Gasteiger partial charge in [0.1, 0.15) is 0 Å². The minimum atomic E-state index is -2.58. The van der Waals surface area contributed by atoms with Crippen LogP contribution >= 0.6 is 11.6 Å². The van der Waals surface area contributed by atoms with Gasteiger partial charge in [0, 0.05) is 30.7 Å². The van der Waals surface area contributed by atoms with Gasteiger partial charge in [-0.1, -0.05) is 13.8 Å². The van der Waals surface area contributed by atoms with Gasteiger partial charge in [-0.3, -0.25) is 4.79 Å². The number of hydrogen-bond donors (Lipinski definition) is 1. The van der Waals surface area contributed by atoms with E-state index in [4.69, 9.17) is 11.6 Å². The molecule has 1 atom stereocenters. The van der Waals surface area contributed by atoms with E-state index in [0.29, 0.717) is 5.88 Å². The fourth-order valence-electron chi connectivity index (χ4n) is 1.99. The van der Waals surface area contributed by atoms with E-state index in [0.717, 1.165) is 0 Å². The third-order valence-electron chi connectivity index (χ3n) is 3.39. The molecule has 0 aromatic heterocycles. The highest BCUT2D eigenvalue weighted by Gasteiger charge is 2.37. The molecule has 0 radical (unpaired) electrons. The van der Waals surface area contributed by atoms with Gasteiger partial charge >= 0.3 is 0 Å². The average Bonchev–Trinajstić information content (AvgIpc) is 2.25. The zero-order valence-corrected chi connectivity index (χ0v) is 11.1. The van der Waals surface area contributed by atoms with Crippen LogP contribution in [0.1, 0.15) is 39.5 Å². The van der Waals surface area contributed by atoms with E-state index < -0.39 is 5.92 Å². The van der Waals surface area contributed by atoms with E-state index in [1.807, 2.05) is 13.8 Å². The van der Waals surface area contributed by atoms with Gasteiger partial charge in [-0.25, -0.2) is 8.78 Å². The molecule has 100 valence electrons. The average molecular weight is 268 g/mol. The van der Waals surface area contributed by atoms with E-state index >= 15 is 0 Å². The second-order valence-electron chi connectivity index (χ2n) is 5.14. The molecule has 1 aliphatic carbocycles. The normalized spacial score (nSPS) is 22.5. The molecular weight excluding hydrogens is 248 g/mol. The molecule has 17 heavy (non-hydrogen) atoms. The summed E-state index contributed by atoms with van der Waals surface area (Å²) in [5.74, 6) is -2.38. The third kappa shape index (κ3) is 4.41. The van der Waals surface area contributed by atoms with Crippen LogP contribution in [0.4, 0.5) is 8.78 Å². The van der Waals surface area contributed by atoms with Crippen LogP contribution in [-0.2, 0) is 4.79 Å². The van der Waals surface area contributed by atoms with Gasteiger partial charge in [0.05, 0.1) is 0 Å². The molecule has 1 unspecified atom stereocenters. The minimum absolute atomic E-state index is 0.0772. The van der Waals surface area contributed by atoms with Gasteiger partial charge in [0.2, 0.25) is 11.8 Å². The molecule has 1 rings (SSSR count). The third-order valence-corrected chi connectivity index (χ3v) is 3.72. The molecule has 0 aromatic rings. The first kappa shape index (κ1) is 14.7. The van der Waals surface area contributed by atoms with Crippen molar-refractivity contribution in [1.29, 1.82) is 0 Å². The second kappa shape index (κ2) is 5.98. The summed E-state index contributed by atoms with van der Waals surface area (Å²) in [7, 11) is 0. The molecule has 1 amide bonds. The second-order valence-corrected chi connectivity index (χ2v) is 5.45. The first-order valence-electron chi connectivity index (χ1n) is 6.10. The Morgan fingerprint density at radius 3 is 2.35 bits per heavy atom. The molecule has 1 fully saturated rings. The first-order chi connectivity index (χ1) is 7.85. The van der Waals surface area contributed by atoms with Gasteiger partial charge in [0.15, 0.2) is 0 Å². The van der Waals surface area contributed by atoms with Gasteiger partial charge in [-0.05, 0) is 18.8 Å². The molecule has 0 saturated heterocycles. The van der Waals surface area contributed by atoms with Crippen LogP contribution < -0.4 is 5.32 Å². The molecule has 0 spiro atoms. The topological polar surface area (TPSA) is 29.1 Å². The predicted octanol–water partition coefficient (Wildman–Crippen LogP) is 3.19. The quantitative estimate of drug-likeness (QED) is 0.779. The zero-order chi connectivity index (χ0) is 13.1. The van der Waals surface area contributed by atoms with E-state index in [9.17, 15) is 13.6 Å². The van der Waals surface area contributed by atoms with Crippen LogP contribution in [-0.4, -0.2) is 23.8 Å². The Hall–Kier alpha value is -0.380. The highest BCUT2D eigenvalue weighted by molar-refractivity contribution is 6.18. The summed E-state index contributed by atoms with van der Waals surface area (Å²) >= 11 is 5.76. The van der Waals surface area contributed by atoms with Crippen molar-refractivity contribution in [3.63, 3.8) is 0 Å². The molecule has 2 nitrogen and oxygen atoms in total. The van der Waals surface area contributed by atoms with Crippen molar-refractivity contribution in [2.24, 2.45) is 11.8 Å². The SMILES string of the molecule is CC(C)C(CCl)NC(=O)C1CCC(F)(F)CC1. The Morgan fingerprint density at radius 2 is 1.94 bits per heavy atom. The summed E-state index contributed by atoms with van der Waals surface area (Å²) in [6, 6.07) is -0.0772. The molecule has 1 saturated carbocycles. The first-order valence-corrected chi connectivity index (χ1v) is 6.63. The maximum atomic E-state index is 12.9. The summed E-state index contributed by atoms with van der Waals surface area (Å²) in [5, 5.41) is 2.85. The minimum Gasteiger partial charge on any atom is -0.352 e. The molecule has 1 N–H and O–H groups in total. The Kier molecular flexibility index (Phi) is 5.17. The molecule has 0 aliphatic heterocycles. The van der Waals surface area contributed by atoms with Gasteiger partial charge in [-0.15, -0.1) is 11.6 Å². The smallest absolute Gasteiger partial charge is 0.248 e. The molecule has 0 bridgehead atoms. The largest absolute Gasteiger partial charge is 0.352 e. The Balaban J connectivity index is 2.44. The summed E-state index contributed by atoms with van der Waals surface area (Å²) in [5.41, 5.74) is 0. The fraction of sp³-hybridized carbons (Fsp3) is 0.917. The van der Waals surface area contributed by atoms with Gasteiger partial charge in [-0.2, -0.15) is 0 Å². The van der Waals surface area contributed by atoms with Crippen molar-refractivity contribution in [3.05, 3.63) is 0 Å². The van der Waals surface area contributed by atoms with E-state index in [1.165, 1.54) is 0 Å². The highest BCUT2D eigenvalue weighted by Crippen LogP contribution is 2.36. The molecule has 5 heteroatoms. The van der Waals surface area contributed by atoms with Gasteiger partial charge in [0.25, 0.3) is 0 Å². The number of hydrogen-bond acceptors (Lipinski definition) is 1. The summed E-state index contributed by atoms with van der Waals surface area (Å²) < 4.78 is 25.9. The van der Waals surface area contributed by atoms with Crippen molar-refractivity contribution in [2.75, 3.05) is 5.88 Å². The Bertz CT molecular complexity index is 261. The number of carbonyl (C=O) groups is 1. The van der Waals surface area contributed by atoms with Crippen LogP contribution in [0.15, 0.2) is 0 Å². The molecule has 1 aliphatic rings. The van der Waals surface area contributed by atoms with E-state index in [2.05, 4.69) is 5.32 Å². The fourth-order valence-corrected chi connectivity index (χ4v) is 2.42. The number of rotatable bonds is 4. The lowest BCUT2D eigenvalue weighted by Crippen LogP contribution is -2.44. The van der Waals surface area contributed by atoms with Crippen molar-refractivity contribution >= 4 is 17.5 Å². The van der Waals surface area contributed by atoms with Crippen LogP contribution in [0.5, 0.6) is 0 Å². The summed E-state index contributed by atoms with van der Waals surface area (Å²) in [6.07, 6.45) is 0.175. The molecular formula is C12H20ClF2NO. The number of nitrogens with one attached hydrogen (secondary N) is 1. The highest BCUT2D eigenvalue weighted by atomic mass is 35.5. The number of carbonyl (C=O) groups excluding carboxylic acids is 1. The van der Waals surface area contributed by atoms with Gasteiger partial charge < -0.3 is 5.32 Å². The van der Waals surface area contributed by atoms with Crippen molar-refractivity contribution in [1.82, 2.24) is 5.32 Å². The van der Waals surface area contributed by atoms with Crippen LogP contribution in [0, 0.1) is 11.8 Å². The number of amides is 1. The standard InChI is InChI=1S/C12H20ClF2NO/c1-8(2)10(7-13)16-11(17)9-3-5-12(14,15)6-4-9/h8-10H,3-7H2,1-2H3,(H,16,17). The molecule has 0 aromatic carbocycles. The maximum Gasteiger partial charge on any atom is 0.248 e. The van der Waals surface area contributed by atoms with E-state index in [1.54, 1.807) is 0 Å². The monoisotopic (exact) mass is 267 g/mol. The number of alkyl halides is 3. The zero-order valence-electron chi connectivity index (χ0n) is 10.3. The maximum absolute atomic E-state index is 12.9. The van der Waals surface area contributed by atoms with E-state index in [-0.39, 0.29) is 49.5 Å². The van der Waals surface area contributed by atoms with Crippen LogP contribution in [0.2, 0.25) is 0 Å². The summed E-state index contributed by atoms with van der Waals surface area (Å²) in [4.78, 5) is 11.9. The lowest BCUT2D eigenvalue weighted by Gasteiger charge is -2.29. The van der Waals surface area contributed by atoms with Crippen molar-refractivity contribution in [2.45, 2.75) is 51.5 Å². The lowest BCUT2D eigenvalue weighted by atomic mass is 9.86. The van der Waals surface area contributed by atoms with Crippen molar-refractivity contribution in [3.8, 4) is 0 Å². The lowest BCUT2D eigenvalue weighted by molar-refractivity contribution is -0.130. The number of halogens is 3.